The molecular formula is C25H22N6O3. The fourth-order valence-electron chi connectivity index (χ4n) is 3.37. The molecule has 4 rings (SSSR count). The molecule has 0 aliphatic heterocycles. The Balaban J connectivity index is 1.45. The number of benzene rings is 2. The van der Waals surface area contributed by atoms with Gasteiger partial charge in [-0.1, -0.05) is 42.5 Å². The number of hydrogen-bond donors (Lipinski definition) is 3. The standard InChI is InChI=1S/C25H22N6O3/c1-15-14-16(2)27-23(26)22(15)24(32)34-20-11-7-6-10-19(20)28-25(33)29-21-13-12-18(30-31-21)17-8-4-3-5-9-17/h3-14H,1-2H3,(H2,26,27)(H2,28,29,31,33). The molecule has 0 saturated carbocycles. The number of pyridine rings is 1. The first kappa shape index (κ1) is 22.4. The number of rotatable bonds is 5. The number of nitrogens with zero attached hydrogens (tertiary/aromatic N) is 3. The molecule has 0 atom stereocenters. The minimum absolute atomic E-state index is 0.0863. The molecule has 9 nitrogen and oxygen atoms in total. The van der Waals surface area contributed by atoms with Crippen LogP contribution in [0.2, 0.25) is 0 Å². The van der Waals surface area contributed by atoms with Gasteiger partial charge in [0.05, 0.1) is 11.4 Å². The molecule has 0 spiro atoms. The van der Waals surface area contributed by atoms with Gasteiger partial charge in [0, 0.05) is 11.3 Å². The van der Waals surface area contributed by atoms with Crippen molar-refractivity contribution < 1.29 is 14.3 Å². The SMILES string of the molecule is Cc1cc(C)c(C(=O)Oc2ccccc2NC(=O)Nc2ccc(-c3ccccc3)nn2)c(N)n1. The summed E-state index contributed by atoms with van der Waals surface area (Å²) in [5, 5.41) is 13.5. The van der Waals surface area contributed by atoms with Crippen molar-refractivity contribution in [3.05, 3.63) is 89.6 Å². The van der Waals surface area contributed by atoms with E-state index >= 15 is 0 Å². The van der Waals surface area contributed by atoms with Crippen LogP contribution in [-0.2, 0) is 0 Å². The summed E-state index contributed by atoms with van der Waals surface area (Å²) in [6, 6.07) is 20.7. The Kier molecular flexibility index (Phi) is 6.45. The van der Waals surface area contributed by atoms with E-state index in [-0.39, 0.29) is 22.9 Å². The third kappa shape index (κ3) is 5.16. The summed E-state index contributed by atoms with van der Waals surface area (Å²) in [5.74, 6) is -0.156. The first-order valence-electron chi connectivity index (χ1n) is 10.4. The van der Waals surface area contributed by atoms with Crippen LogP contribution in [0.15, 0.2) is 72.8 Å². The molecule has 4 N–H and O–H groups in total. The average Bonchev–Trinajstić information content (AvgIpc) is 2.81. The second kappa shape index (κ2) is 9.78. The van der Waals surface area contributed by atoms with Crippen LogP contribution in [0.25, 0.3) is 11.3 Å². The van der Waals surface area contributed by atoms with E-state index in [1.807, 2.05) is 30.3 Å². The zero-order valence-corrected chi connectivity index (χ0v) is 18.6. The Morgan fingerprint density at radius 1 is 0.882 bits per heavy atom. The van der Waals surface area contributed by atoms with E-state index in [1.54, 1.807) is 56.3 Å². The molecule has 0 aliphatic rings. The van der Waals surface area contributed by atoms with Gasteiger partial charge in [0.1, 0.15) is 11.4 Å². The molecule has 2 aromatic carbocycles. The van der Waals surface area contributed by atoms with Crippen LogP contribution in [-0.4, -0.2) is 27.2 Å². The number of nitrogen functional groups attached to an aromatic ring is 1. The highest BCUT2D eigenvalue weighted by molar-refractivity contribution is 6.01. The quantitative estimate of drug-likeness (QED) is 0.296. The van der Waals surface area contributed by atoms with Gasteiger partial charge in [-0.25, -0.2) is 14.6 Å². The molecule has 4 aromatic rings. The summed E-state index contributed by atoms with van der Waals surface area (Å²) in [5.41, 5.74) is 9.34. The molecule has 2 aromatic heterocycles. The number of amides is 2. The summed E-state index contributed by atoms with van der Waals surface area (Å²) in [6.07, 6.45) is 0. The molecule has 2 amide bonds. The van der Waals surface area contributed by atoms with Gasteiger partial charge in [0.15, 0.2) is 11.6 Å². The third-order valence-electron chi connectivity index (χ3n) is 4.89. The largest absolute Gasteiger partial charge is 0.421 e. The molecule has 0 fully saturated rings. The summed E-state index contributed by atoms with van der Waals surface area (Å²) >= 11 is 0. The average molecular weight is 454 g/mol. The van der Waals surface area contributed by atoms with Crippen LogP contribution < -0.4 is 21.1 Å². The Morgan fingerprint density at radius 2 is 1.62 bits per heavy atom. The monoisotopic (exact) mass is 454 g/mol. The number of para-hydroxylation sites is 2. The van der Waals surface area contributed by atoms with Crippen molar-refractivity contribution in [3.63, 3.8) is 0 Å². The number of urea groups is 1. The van der Waals surface area contributed by atoms with Crippen molar-refractivity contribution in [1.29, 1.82) is 0 Å². The zero-order valence-electron chi connectivity index (χ0n) is 18.6. The van der Waals surface area contributed by atoms with Crippen molar-refractivity contribution in [3.8, 4) is 17.0 Å². The molecule has 0 unspecified atom stereocenters. The van der Waals surface area contributed by atoms with Gasteiger partial charge >= 0.3 is 12.0 Å². The van der Waals surface area contributed by atoms with E-state index in [9.17, 15) is 9.59 Å². The predicted molar refractivity (Wildman–Crippen MR) is 130 cm³/mol. The minimum Gasteiger partial charge on any atom is -0.421 e. The topological polar surface area (TPSA) is 132 Å². The summed E-state index contributed by atoms with van der Waals surface area (Å²) in [7, 11) is 0. The first-order valence-corrected chi connectivity index (χ1v) is 10.4. The highest BCUT2D eigenvalue weighted by atomic mass is 16.5. The van der Waals surface area contributed by atoms with E-state index in [2.05, 4.69) is 25.8 Å². The van der Waals surface area contributed by atoms with Crippen LogP contribution in [0.1, 0.15) is 21.6 Å². The van der Waals surface area contributed by atoms with Crippen LogP contribution in [0.3, 0.4) is 0 Å². The van der Waals surface area contributed by atoms with E-state index in [1.165, 1.54) is 0 Å². The van der Waals surface area contributed by atoms with Gasteiger partial charge in [0.2, 0.25) is 0 Å². The lowest BCUT2D eigenvalue weighted by Gasteiger charge is -2.13. The van der Waals surface area contributed by atoms with E-state index < -0.39 is 12.0 Å². The smallest absolute Gasteiger partial charge is 0.347 e. The fourth-order valence-corrected chi connectivity index (χ4v) is 3.37. The van der Waals surface area contributed by atoms with Crippen molar-refractivity contribution in [2.45, 2.75) is 13.8 Å². The maximum absolute atomic E-state index is 12.8. The van der Waals surface area contributed by atoms with Crippen molar-refractivity contribution in [1.82, 2.24) is 15.2 Å². The molecule has 9 heteroatoms. The van der Waals surface area contributed by atoms with Gasteiger partial charge in [-0.3, -0.25) is 5.32 Å². The zero-order chi connectivity index (χ0) is 24.1. The predicted octanol–water partition coefficient (Wildman–Crippen LogP) is 4.60. The van der Waals surface area contributed by atoms with Gasteiger partial charge in [-0.15, -0.1) is 10.2 Å². The number of ether oxygens (including phenoxy) is 1. The lowest BCUT2D eigenvalue weighted by atomic mass is 10.1. The lowest BCUT2D eigenvalue weighted by Crippen LogP contribution is -2.21. The molecular weight excluding hydrogens is 432 g/mol. The van der Waals surface area contributed by atoms with Crippen molar-refractivity contribution in [2.24, 2.45) is 0 Å². The Morgan fingerprint density at radius 3 is 2.32 bits per heavy atom. The summed E-state index contributed by atoms with van der Waals surface area (Å²) < 4.78 is 5.52. The van der Waals surface area contributed by atoms with Gasteiger partial charge in [-0.05, 0) is 49.7 Å². The Hall–Kier alpha value is -4.79. The highest BCUT2D eigenvalue weighted by Crippen LogP contribution is 2.27. The number of hydrogen-bond acceptors (Lipinski definition) is 7. The van der Waals surface area contributed by atoms with E-state index in [0.29, 0.717) is 22.6 Å². The van der Waals surface area contributed by atoms with Crippen LogP contribution >= 0.6 is 0 Å². The maximum atomic E-state index is 12.8. The van der Waals surface area contributed by atoms with Gasteiger partial charge < -0.3 is 15.8 Å². The van der Waals surface area contributed by atoms with Crippen LogP contribution in [0.4, 0.5) is 22.1 Å². The number of nitrogens with two attached hydrogens (primary N) is 1. The Bertz CT molecular complexity index is 1320. The van der Waals surface area contributed by atoms with Crippen molar-refractivity contribution >= 4 is 29.3 Å². The number of carbonyl (C=O) groups excluding carboxylic acids is 2. The van der Waals surface area contributed by atoms with Gasteiger partial charge in [-0.2, -0.15) is 0 Å². The normalized spacial score (nSPS) is 10.4. The minimum atomic E-state index is -0.667. The number of carbonyl (C=O) groups is 2. The molecule has 0 radical (unpaired) electrons. The molecule has 34 heavy (non-hydrogen) atoms. The van der Waals surface area contributed by atoms with Gasteiger partial charge in [0.25, 0.3) is 0 Å². The second-order valence-electron chi connectivity index (χ2n) is 7.48. The third-order valence-corrected chi connectivity index (χ3v) is 4.89. The number of anilines is 3. The van der Waals surface area contributed by atoms with Crippen LogP contribution in [0.5, 0.6) is 5.75 Å². The molecule has 0 aliphatic carbocycles. The van der Waals surface area contributed by atoms with Crippen LogP contribution in [0, 0.1) is 13.8 Å². The summed E-state index contributed by atoms with van der Waals surface area (Å²) in [4.78, 5) is 29.4. The molecule has 0 saturated heterocycles. The molecule has 0 bridgehead atoms. The maximum Gasteiger partial charge on any atom is 0.347 e. The highest BCUT2D eigenvalue weighted by Gasteiger charge is 2.19. The summed E-state index contributed by atoms with van der Waals surface area (Å²) in [6.45, 7) is 3.54. The van der Waals surface area contributed by atoms with Crippen molar-refractivity contribution in [2.75, 3.05) is 16.4 Å². The molecule has 2 heterocycles. The molecule has 170 valence electrons. The Labute approximate surface area is 196 Å². The van der Waals surface area contributed by atoms with E-state index in [0.717, 1.165) is 5.56 Å². The number of esters is 1. The fraction of sp³-hybridized carbons (Fsp3) is 0.0800. The lowest BCUT2D eigenvalue weighted by molar-refractivity contribution is 0.0735. The van der Waals surface area contributed by atoms with E-state index in [4.69, 9.17) is 10.5 Å². The number of aryl methyl sites for hydroxylation is 2. The first-order chi connectivity index (χ1) is 16.4. The number of nitrogens with one attached hydrogen (secondary N) is 2. The second-order valence-corrected chi connectivity index (χ2v) is 7.48. The number of aromatic nitrogens is 3.